The average molecular weight is 241 g/mol. The number of halogens is 1. The van der Waals surface area contributed by atoms with Crippen LogP contribution in [0.25, 0.3) is 0 Å². The molecule has 0 amide bonds. The van der Waals surface area contributed by atoms with Crippen LogP contribution in [0.15, 0.2) is 18.2 Å². The molecule has 0 spiro atoms. The van der Waals surface area contributed by atoms with E-state index in [-0.39, 0.29) is 17.6 Å². The second kappa shape index (κ2) is 7.25. The van der Waals surface area contributed by atoms with E-state index in [0.29, 0.717) is 18.6 Å². The van der Waals surface area contributed by atoms with E-state index < -0.39 is 0 Å². The molecule has 0 fully saturated rings. The van der Waals surface area contributed by atoms with Crippen molar-refractivity contribution in [2.45, 2.75) is 19.4 Å². The normalized spacial score (nSPS) is 12.5. The molecule has 0 aliphatic rings. The Labute approximate surface area is 102 Å². The van der Waals surface area contributed by atoms with E-state index in [1.54, 1.807) is 25.3 Å². The summed E-state index contributed by atoms with van der Waals surface area (Å²) in [4.78, 5) is 0. The van der Waals surface area contributed by atoms with E-state index in [2.05, 4.69) is 5.32 Å². The van der Waals surface area contributed by atoms with Crippen LogP contribution in [-0.2, 0) is 11.2 Å². The van der Waals surface area contributed by atoms with E-state index in [4.69, 9.17) is 9.47 Å². The highest BCUT2D eigenvalue weighted by molar-refractivity contribution is 5.31. The summed E-state index contributed by atoms with van der Waals surface area (Å²) in [6.07, 6.45) is 0.588. The van der Waals surface area contributed by atoms with Crippen LogP contribution in [0.4, 0.5) is 4.39 Å². The van der Waals surface area contributed by atoms with Crippen molar-refractivity contribution < 1.29 is 13.9 Å². The molecule has 0 aliphatic heterocycles. The average Bonchev–Trinajstić information content (AvgIpc) is 2.32. The molecule has 1 aromatic carbocycles. The van der Waals surface area contributed by atoms with Crippen LogP contribution in [-0.4, -0.2) is 33.4 Å². The molecule has 0 aromatic heterocycles. The van der Waals surface area contributed by atoms with Crippen molar-refractivity contribution in [3.63, 3.8) is 0 Å². The first kappa shape index (κ1) is 13.9. The highest BCUT2D eigenvalue weighted by Crippen LogP contribution is 2.21. The fourth-order valence-corrected chi connectivity index (χ4v) is 1.82. The summed E-state index contributed by atoms with van der Waals surface area (Å²) in [5, 5.41) is 3.26. The van der Waals surface area contributed by atoms with Gasteiger partial charge in [0.2, 0.25) is 0 Å². The zero-order valence-electron chi connectivity index (χ0n) is 10.6. The fraction of sp³-hybridized carbons (Fsp3) is 0.538. The third kappa shape index (κ3) is 3.98. The van der Waals surface area contributed by atoms with E-state index in [1.165, 1.54) is 7.11 Å². The minimum atomic E-state index is -0.283. The molecular formula is C13H20FNO2. The Hall–Kier alpha value is -1.13. The summed E-state index contributed by atoms with van der Waals surface area (Å²) in [5.74, 6) is 0.00386. The molecule has 0 saturated heterocycles. The molecule has 0 heterocycles. The van der Waals surface area contributed by atoms with Crippen LogP contribution in [0.1, 0.15) is 12.5 Å². The van der Waals surface area contributed by atoms with Crippen LogP contribution in [0.2, 0.25) is 0 Å². The van der Waals surface area contributed by atoms with Gasteiger partial charge in [0.1, 0.15) is 0 Å². The molecule has 1 rings (SSSR count). The van der Waals surface area contributed by atoms with Crippen molar-refractivity contribution in [2.75, 3.05) is 27.4 Å². The van der Waals surface area contributed by atoms with Gasteiger partial charge in [0.05, 0.1) is 13.7 Å². The Morgan fingerprint density at radius 3 is 2.71 bits per heavy atom. The molecule has 1 aromatic rings. The monoisotopic (exact) mass is 241 g/mol. The maximum Gasteiger partial charge on any atom is 0.168 e. The summed E-state index contributed by atoms with van der Waals surface area (Å²) in [6, 6.07) is 5.31. The van der Waals surface area contributed by atoms with Gasteiger partial charge in [0.15, 0.2) is 11.6 Å². The summed E-state index contributed by atoms with van der Waals surface area (Å²) in [7, 11) is 3.12. The number of rotatable bonds is 7. The van der Waals surface area contributed by atoms with Crippen molar-refractivity contribution >= 4 is 0 Å². The quantitative estimate of drug-likeness (QED) is 0.792. The first-order valence-electron chi connectivity index (χ1n) is 5.76. The number of ether oxygens (including phenoxy) is 2. The van der Waals surface area contributed by atoms with Crippen LogP contribution in [0.5, 0.6) is 5.75 Å². The summed E-state index contributed by atoms with van der Waals surface area (Å²) >= 11 is 0. The number of methoxy groups -OCH3 is 2. The SMILES string of the molecule is CCNC(COC)Cc1cccc(OC)c1F. The third-order valence-electron chi connectivity index (χ3n) is 2.59. The molecule has 4 heteroatoms. The van der Waals surface area contributed by atoms with Gasteiger partial charge in [-0.2, -0.15) is 0 Å². The molecule has 96 valence electrons. The molecule has 17 heavy (non-hydrogen) atoms. The van der Waals surface area contributed by atoms with Gasteiger partial charge in [-0.05, 0) is 24.6 Å². The third-order valence-corrected chi connectivity index (χ3v) is 2.59. The van der Waals surface area contributed by atoms with Gasteiger partial charge in [-0.1, -0.05) is 19.1 Å². The Morgan fingerprint density at radius 2 is 2.12 bits per heavy atom. The second-order valence-electron chi connectivity index (χ2n) is 3.85. The predicted octanol–water partition coefficient (Wildman–Crippen LogP) is 2.00. The lowest BCUT2D eigenvalue weighted by Gasteiger charge is -2.17. The van der Waals surface area contributed by atoms with E-state index >= 15 is 0 Å². The van der Waals surface area contributed by atoms with Gasteiger partial charge in [0, 0.05) is 13.2 Å². The van der Waals surface area contributed by atoms with Gasteiger partial charge in [-0.3, -0.25) is 0 Å². The first-order chi connectivity index (χ1) is 8.22. The Bertz CT molecular complexity index is 338. The van der Waals surface area contributed by atoms with Crippen molar-refractivity contribution in [3.8, 4) is 5.75 Å². The highest BCUT2D eigenvalue weighted by atomic mass is 19.1. The Morgan fingerprint density at radius 1 is 1.35 bits per heavy atom. The van der Waals surface area contributed by atoms with E-state index in [9.17, 15) is 4.39 Å². The fourth-order valence-electron chi connectivity index (χ4n) is 1.82. The van der Waals surface area contributed by atoms with Crippen molar-refractivity contribution in [1.82, 2.24) is 5.32 Å². The highest BCUT2D eigenvalue weighted by Gasteiger charge is 2.13. The lowest BCUT2D eigenvalue weighted by atomic mass is 10.1. The first-order valence-corrected chi connectivity index (χ1v) is 5.76. The molecular weight excluding hydrogens is 221 g/mol. The standard InChI is InChI=1S/C13H20FNO2/c1-4-15-11(9-16-2)8-10-6-5-7-12(17-3)13(10)14/h5-7,11,15H,4,8-9H2,1-3H3. The molecule has 0 aliphatic carbocycles. The van der Waals surface area contributed by atoms with Gasteiger partial charge in [0.25, 0.3) is 0 Å². The molecule has 0 radical (unpaired) electrons. The van der Waals surface area contributed by atoms with Crippen LogP contribution < -0.4 is 10.1 Å². The molecule has 0 saturated carbocycles. The second-order valence-corrected chi connectivity index (χ2v) is 3.85. The number of nitrogens with one attached hydrogen (secondary N) is 1. The largest absolute Gasteiger partial charge is 0.494 e. The predicted molar refractivity (Wildman–Crippen MR) is 66.0 cm³/mol. The van der Waals surface area contributed by atoms with Gasteiger partial charge >= 0.3 is 0 Å². The van der Waals surface area contributed by atoms with Crippen LogP contribution in [0.3, 0.4) is 0 Å². The number of hydrogen-bond donors (Lipinski definition) is 1. The van der Waals surface area contributed by atoms with Crippen molar-refractivity contribution in [2.24, 2.45) is 0 Å². The Balaban J connectivity index is 2.77. The molecule has 1 atom stereocenters. The number of likely N-dealkylation sites (N-methyl/N-ethyl adjacent to an activating group) is 1. The molecule has 3 nitrogen and oxygen atoms in total. The zero-order chi connectivity index (χ0) is 12.7. The minimum absolute atomic E-state index is 0.117. The zero-order valence-corrected chi connectivity index (χ0v) is 10.6. The smallest absolute Gasteiger partial charge is 0.168 e. The van der Waals surface area contributed by atoms with E-state index in [1.807, 2.05) is 6.92 Å². The lowest BCUT2D eigenvalue weighted by Crippen LogP contribution is -2.35. The summed E-state index contributed by atoms with van der Waals surface area (Å²) in [6.45, 7) is 3.41. The van der Waals surface area contributed by atoms with Gasteiger partial charge in [-0.15, -0.1) is 0 Å². The van der Waals surface area contributed by atoms with Crippen LogP contribution >= 0.6 is 0 Å². The molecule has 1 N–H and O–H groups in total. The van der Waals surface area contributed by atoms with Crippen molar-refractivity contribution in [1.29, 1.82) is 0 Å². The Kier molecular flexibility index (Phi) is 5.94. The summed E-state index contributed by atoms with van der Waals surface area (Å²) < 4.78 is 24.0. The maximum atomic E-state index is 13.9. The van der Waals surface area contributed by atoms with Crippen LogP contribution in [0, 0.1) is 5.82 Å². The minimum Gasteiger partial charge on any atom is -0.494 e. The molecule has 0 bridgehead atoms. The van der Waals surface area contributed by atoms with E-state index in [0.717, 1.165) is 6.54 Å². The summed E-state index contributed by atoms with van der Waals surface area (Å²) in [5.41, 5.74) is 0.646. The lowest BCUT2D eigenvalue weighted by molar-refractivity contribution is 0.166. The number of benzene rings is 1. The number of hydrogen-bond acceptors (Lipinski definition) is 3. The van der Waals surface area contributed by atoms with Gasteiger partial charge in [-0.25, -0.2) is 4.39 Å². The van der Waals surface area contributed by atoms with Crippen molar-refractivity contribution in [3.05, 3.63) is 29.6 Å². The molecule has 1 unspecified atom stereocenters. The topological polar surface area (TPSA) is 30.5 Å². The maximum absolute atomic E-state index is 13.9. The van der Waals surface area contributed by atoms with Gasteiger partial charge < -0.3 is 14.8 Å².